The number of amides is 2. The molecule has 42 heavy (non-hydrogen) atoms. The minimum Gasteiger partial charge on any atom is -0.495 e. The molecule has 0 fully saturated rings. The SMILES string of the molecule is COc1cc(C(=O)N(C)c2ccc(C)cc2OCc2ccccc2)ccc1NC(=O)c1ccccc1OC(C)CCN. The van der Waals surface area contributed by atoms with Gasteiger partial charge in [-0.2, -0.15) is 0 Å². The van der Waals surface area contributed by atoms with Crippen molar-refractivity contribution in [1.82, 2.24) is 0 Å². The highest BCUT2D eigenvalue weighted by molar-refractivity contribution is 6.09. The summed E-state index contributed by atoms with van der Waals surface area (Å²) < 4.78 is 17.6. The number of nitrogens with two attached hydrogens (primary N) is 1. The first-order valence-electron chi connectivity index (χ1n) is 13.8. The van der Waals surface area contributed by atoms with E-state index in [9.17, 15) is 9.59 Å². The number of benzene rings is 4. The van der Waals surface area contributed by atoms with Gasteiger partial charge in [-0.15, -0.1) is 0 Å². The summed E-state index contributed by atoms with van der Waals surface area (Å²) in [5.41, 5.74) is 9.52. The largest absolute Gasteiger partial charge is 0.495 e. The van der Waals surface area contributed by atoms with Crippen LogP contribution in [0.3, 0.4) is 0 Å². The lowest BCUT2D eigenvalue weighted by Crippen LogP contribution is -2.27. The highest BCUT2D eigenvalue weighted by Crippen LogP contribution is 2.33. The Morgan fingerprint density at radius 3 is 2.38 bits per heavy atom. The van der Waals surface area contributed by atoms with Crippen molar-refractivity contribution in [1.29, 1.82) is 0 Å². The second-order valence-corrected chi connectivity index (χ2v) is 9.98. The third kappa shape index (κ3) is 7.47. The number of hydrogen-bond acceptors (Lipinski definition) is 6. The number of nitrogens with one attached hydrogen (secondary N) is 1. The molecule has 0 bridgehead atoms. The fourth-order valence-electron chi connectivity index (χ4n) is 4.44. The van der Waals surface area contributed by atoms with Gasteiger partial charge in [-0.3, -0.25) is 9.59 Å². The number of rotatable bonds is 12. The summed E-state index contributed by atoms with van der Waals surface area (Å²) in [6, 6.07) is 27.5. The molecule has 0 aliphatic heterocycles. The quantitative estimate of drug-likeness (QED) is 0.210. The Labute approximate surface area is 247 Å². The molecule has 0 heterocycles. The Morgan fingerprint density at radius 1 is 0.905 bits per heavy atom. The number of aryl methyl sites for hydroxylation is 1. The summed E-state index contributed by atoms with van der Waals surface area (Å²) in [4.78, 5) is 28.3. The monoisotopic (exact) mass is 567 g/mol. The number of hydrogen-bond donors (Lipinski definition) is 2. The van der Waals surface area contributed by atoms with E-state index in [4.69, 9.17) is 19.9 Å². The van der Waals surface area contributed by atoms with Crippen LogP contribution in [0.15, 0.2) is 91.0 Å². The van der Waals surface area contributed by atoms with E-state index in [-0.39, 0.29) is 17.9 Å². The molecule has 0 saturated carbocycles. The van der Waals surface area contributed by atoms with Crippen LogP contribution in [-0.2, 0) is 6.61 Å². The van der Waals surface area contributed by atoms with E-state index in [1.807, 2.05) is 68.4 Å². The molecule has 0 aliphatic carbocycles. The summed E-state index contributed by atoms with van der Waals surface area (Å²) in [6.45, 7) is 4.75. The number of carbonyl (C=O) groups is 2. The van der Waals surface area contributed by atoms with Gasteiger partial charge in [0, 0.05) is 12.6 Å². The molecular weight excluding hydrogens is 530 g/mol. The minimum atomic E-state index is -0.361. The molecule has 1 atom stereocenters. The summed E-state index contributed by atoms with van der Waals surface area (Å²) in [5.74, 6) is 0.799. The van der Waals surface area contributed by atoms with E-state index in [0.29, 0.717) is 59.3 Å². The highest BCUT2D eigenvalue weighted by atomic mass is 16.5. The van der Waals surface area contributed by atoms with Crippen LogP contribution < -0.4 is 30.2 Å². The zero-order valence-corrected chi connectivity index (χ0v) is 24.4. The zero-order chi connectivity index (χ0) is 30.1. The first-order valence-corrected chi connectivity index (χ1v) is 13.8. The van der Waals surface area contributed by atoms with E-state index >= 15 is 0 Å². The van der Waals surface area contributed by atoms with E-state index in [2.05, 4.69) is 5.32 Å². The molecule has 1 unspecified atom stereocenters. The van der Waals surface area contributed by atoms with Gasteiger partial charge >= 0.3 is 0 Å². The molecule has 4 aromatic rings. The molecule has 4 aromatic carbocycles. The van der Waals surface area contributed by atoms with Gasteiger partial charge in [-0.1, -0.05) is 48.5 Å². The standard InChI is InChI=1S/C34H37N3O5/c1-23-14-17-29(32(20-23)41-22-25-10-6-5-7-11-25)37(3)34(39)26-15-16-28(31(21-26)40-4)36-33(38)27-12-8-9-13-30(27)42-24(2)18-19-35/h5-17,20-21,24H,18-19,22,35H2,1-4H3,(H,36,38). The van der Waals surface area contributed by atoms with Crippen molar-refractivity contribution in [3.8, 4) is 17.2 Å². The van der Waals surface area contributed by atoms with Crippen LogP contribution in [0.25, 0.3) is 0 Å². The minimum absolute atomic E-state index is 0.140. The van der Waals surface area contributed by atoms with Crippen LogP contribution in [0.2, 0.25) is 0 Å². The highest BCUT2D eigenvalue weighted by Gasteiger charge is 2.21. The van der Waals surface area contributed by atoms with Gasteiger partial charge in [0.1, 0.15) is 23.9 Å². The first-order chi connectivity index (χ1) is 20.3. The van der Waals surface area contributed by atoms with Crippen molar-refractivity contribution in [2.24, 2.45) is 5.73 Å². The van der Waals surface area contributed by atoms with Crippen molar-refractivity contribution in [2.75, 3.05) is 30.9 Å². The Morgan fingerprint density at radius 2 is 1.64 bits per heavy atom. The smallest absolute Gasteiger partial charge is 0.259 e. The molecule has 0 aromatic heterocycles. The number of para-hydroxylation sites is 1. The number of nitrogens with zero attached hydrogens (tertiary/aromatic N) is 1. The maximum Gasteiger partial charge on any atom is 0.259 e. The third-order valence-corrected chi connectivity index (χ3v) is 6.75. The second kappa shape index (κ2) is 14.2. The lowest BCUT2D eigenvalue weighted by Gasteiger charge is -2.22. The Hall–Kier alpha value is -4.82. The van der Waals surface area contributed by atoms with Crippen molar-refractivity contribution < 1.29 is 23.8 Å². The summed E-state index contributed by atoms with van der Waals surface area (Å²) in [5, 5.41) is 2.88. The van der Waals surface area contributed by atoms with Crippen molar-refractivity contribution >= 4 is 23.2 Å². The van der Waals surface area contributed by atoms with Crippen LogP contribution in [0.1, 0.15) is 45.2 Å². The number of ether oxygens (including phenoxy) is 3. The molecule has 0 saturated heterocycles. The first kappa shape index (κ1) is 30.1. The van der Waals surface area contributed by atoms with Crippen molar-refractivity contribution in [3.05, 3.63) is 113 Å². The maximum atomic E-state index is 13.6. The van der Waals surface area contributed by atoms with E-state index in [0.717, 1.165) is 11.1 Å². The predicted octanol–water partition coefficient (Wildman–Crippen LogP) is 6.23. The summed E-state index contributed by atoms with van der Waals surface area (Å²) in [6.07, 6.45) is 0.523. The normalized spacial score (nSPS) is 11.4. The van der Waals surface area contributed by atoms with Crippen LogP contribution >= 0.6 is 0 Å². The molecule has 8 heteroatoms. The van der Waals surface area contributed by atoms with Crippen molar-refractivity contribution in [2.45, 2.75) is 33.0 Å². The lowest BCUT2D eigenvalue weighted by atomic mass is 10.1. The Kier molecular flexibility index (Phi) is 10.2. The Bertz CT molecular complexity index is 1520. The molecule has 3 N–H and O–H groups in total. The Balaban J connectivity index is 1.52. The summed E-state index contributed by atoms with van der Waals surface area (Å²) >= 11 is 0. The molecular formula is C34H37N3O5. The fraction of sp³-hybridized carbons (Fsp3) is 0.235. The van der Waals surface area contributed by atoms with E-state index < -0.39 is 0 Å². The van der Waals surface area contributed by atoms with Crippen LogP contribution in [-0.4, -0.2) is 38.6 Å². The van der Waals surface area contributed by atoms with Gasteiger partial charge in [-0.05, 0) is 80.4 Å². The number of carbonyl (C=O) groups excluding carboxylic acids is 2. The second-order valence-electron chi connectivity index (χ2n) is 9.98. The number of methoxy groups -OCH3 is 1. The average molecular weight is 568 g/mol. The fourth-order valence-corrected chi connectivity index (χ4v) is 4.44. The average Bonchev–Trinajstić information content (AvgIpc) is 3.00. The van der Waals surface area contributed by atoms with Gasteiger partial charge in [0.15, 0.2) is 0 Å². The van der Waals surface area contributed by atoms with Gasteiger partial charge in [0.05, 0.1) is 30.2 Å². The van der Waals surface area contributed by atoms with Crippen LogP contribution in [0.4, 0.5) is 11.4 Å². The van der Waals surface area contributed by atoms with Crippen LogP contribution in [0, 0.1) is 6.92 Å². The molecule has 0 radical (unpaired) electrons. The molecule has 0 aliphatic rings. The van der Waals surface area contributed by atoms with Crippen LogP contribution in [0.5, 0.6) is 17.2 Å². The lowest BCUT2D eigenvalue weighted by molar-refractivity contribution is 0.0990. The predicted molar refractivity (Wildman–Crippen MR) is 166 cm³/mol. The molecule has 218 valence electrons. The van der Waals surface area contributed by atoms with Gasteiger partial charge in [0.2, 0.25) is 0 Å². The van der Waals surface area contributed by atoms with Gasteiger partial charge in [-0.25, -0.2) is 0 Å². The zero-order valence-electron chi connectivity index (χ0n) is 24.4. The molecule has 8 nitrogen and oxygen atoms in total. The molecule has 4 rings (SSSR count). The third-order valence-electron chi connectivity index (χ3n) is 6.75. The van der Waals surface area contributed by atoms with E-state index in [1.54, 1.807) is 48.3 Å². The summed E-state index contributed by atoms with van der Waals surface area (Å²) in [7, 11) is 3.19. The molecule has 0 spiro atoms. The maximum absolute atomic E-state index is 13.6. The van der Waals surface area contributed by atoms with Gasteiger partial charge in [0.25, 0.3) is 11.8 Å². The topological polar surface area (TPSA) is 103 Å². The van der Waals surface area contributed by atoms with Crippen molar-refractivity contribution in [3.63, 3.8) is 0 Å². The van der Waals surface area contributed by atoms with Gasteiger partial charge < -0.3 is 30.2 Å². The number of anilines is 2. The molecule has 2 amide bonds. The van der Waals surface area contributed by atoms with E-state index in [1.165, 1.54) is 7.11 Å².